The molecule has 1 saturated heterocycles. The van der Waals surface area contributed by atoms with Crippen LogP contribution in [-0.2, 0) is 4.79 Å². The van der Waals surface area contributed by atoms with Gasteiger partial charge in [-0.3, -0.25) is 9.69 Å². The zero-order valence-corrected chi connectivity index (χ0v) is 8.55. The molecule has 12 heavy (non-hydrogen) atoms. The zero-order chi connectivity index (χ0) is 9.35. The third-order valence-corrected chi connectivity index (χ3v) is 3.02. The maximum absolute atomic E-state index is 11.8. The molecule has 2 heteroatoms. The van der Waals surface area contributed by atoms with Gasteiger partial charge in [0.05, 0.1) is 6.04 Å². The van der Waals surface area contributed by atoms with E-state index in [0.717, 1.165) is 19.5 Å². The number of carbonyl (C=O) groups is 1. The number of rotatable bonds is 1. The van der Waals surface area contributed by atoms with Gasteiger partial charge in [0.1, 0.15) is 0 Å². The lowest BCUT2D eigenvalue weighted by atomic mass is 9.78. The van der Waals surface area contributed by atoms with Crippen LogP contribution in [0.3, 0.4) is 0 Å². The maximum Gasteiger partial charge on any atom is 0.155 e. The van der Waals surface area contributed by atoms with Crippen LogP contribution in [0.5, 0.6) is 0 Å². The van der Waals surface area contributed by atoms with Gasteiger partial charge >= 0.3 is 0 Å². The molecule has 1 fully saturated rings. The fraction of sp³-hybridized carbons (Fsp3) is 0.900. The van der Waals surface area contributed by atoms with Crippen LogP contribution in [0.1, 0.15) is 34.1 Å². The standard InChI is InChI=1S/C10H19NO/c1-5-11-7-6-10(3,4)9(12)8(11)2/h8H,5-7H2,1-4H3/t8-/m0/s1. The molecule has 70 valence electrons. The minimum Gasteiger partial charge on any atom is -0.297 e. The molecule has 0 aromatic heterocycles. The highest BCUT2D eigenvalue weighted by Crippen LogP contribution is 2.29. The molecule has 1 aliphatic heterocycles. The molecule has 0 unspecified atom stereocenters. The Morgan fingerprint density at radius 1 is 1.58 bits per heavy atom. The van der Waals surface area contributed by atoms with E-state index in [1.54, 1.807) is 0 Å². The number of carbonyl (C=O) groups excluding carboxylic acids is 1. The molecule has 0 N–H and O–H groups in total. The number of hydrogen-bond donors (Lipinski definition) is 0. The summed E-state index contributed by atoms with van der Waals surface area (Å²) in [5.41, 5.74) is -0.0922. The number of likely N-dealkylation sites (tertiary alicyclic amines) is 1. The molecule has 1 aliphatic rings. The summed E-state index contributed by atoms with van der Waals surface area (Å²) in [4.78, 5) is 14.0. The highest BCUT2D eigenvalue weighted by atomic mass is 16.1. The lowest BCUT2D eigenvalue weighted by molar-refractivity contribution is -0.136. The van der Waals surface area contributed by atoms with Gasteiger partial charge in [-0.1, -0.05) is 20.8 Å². The fourth-order valence-corrected chi connectivity index (χ4v) is 1.90. The van der Waals surface area contributed by atoms with Gasteiger partial charge in [0, 0.05) is 5.41 Å². The van der Waals surface area contributed by atoms with Crippen molar-refractivity contribution in [2.45, 2.75) is 40.2 Å². The molecular formula is C10H19NO. The van der Waals surface area contributed by atoms with Crippen LogP contribution in [0, 0.1) is 5.41 Å². The molecule has 0 aromatic carbocycles. The van der Waals surface area contributed by atoms with Gasteiger partial charge in [0.2, 0.25) is 0 Å². The first-order chi connectivity index (χ1) is 5.49. The predicted octanol–water partition coefficient (Wildman–Crippen LogP) is 1.70. The molecule has 0 aliphatic carbocycles. The largest absolute Gasteiger partial charge is 0.297 e. The second-order valence-electron chi connectivity index (χ2n) is 4.30. The SMILES string of the molecule is CCN1CCC(C)(C)C(=O)[C@@H]1C. The number of hydrogen-bond acceptors (Lipinski definition) is 2. The molecule has 1 atom stereocenters. The fourth-order valence-electron chi connectivity index (χ4n) is 1.90. The Balaban J connectivity index is 2.73. The van der Waals surface area contributed by atoms with Crippen molar-refractivity contribution < 1.29 is 4.79 Å². The van der Waals surface area contributed by atoms with Crippen LogP contribution in [-0.4, -0.2) is 29.8 Å². The van der Waals surface area contributed by atoms with Crippen LogP contribution in [0.4, 0.5) is 0 Å². The average molecular weight is 169 g/mol. The van der Waals surface area contributed by atoms with Crippen molar-refractivity contribution in [3.05, 3.63) is 0 Å². The summed E-state index contributed by atoms with van der Waals surface area (Å²) in [5.74, 6) is 0.399. The van der Waals surface area contributed by atoms with E-state index in [4.69, 9.17) is 0 Å². The summed E-state index contributed by atoms with van der Waals surface area (Å²) >= 11 is 0. The smallest absolute Gasteiger partial charge is 0.155 e. The second kappa shape index (κ2) is 3.17. The highest BCUT2D eigenvalue weighted by Gasteiger charge is 2.38. The normalized spacial score (nSPS) is 30.7. The Kier molecular flexibility index (Phi) is 2.57. The Bertz CT molecular complexity index is 186. The summed E-state index contributed by atoms with van der Waals surface area (Å²) in [7, 11) is 0. The second-order valence-corrected chi connectivity index (χ2v) is 4.30. The summed E-state index contributed by atoms with van der Waals surface area (Å²) < 4.78 is 0. The van der Waals surface area contributed by atoms with Crippen LogP contribution in [0.25, 0.3) is 0 Å². The van der Waals surface area contributed by atoms with Gasteiger partial charge in [-0.15, -0.1) is 0 Å². The summed E-state index contributed by atoms with van der Waals surface area (Å²) in [5, 5.41) is 0. The minimum atomic E-state index is -0.0922. The van der Waals surface area contributed by atoms with Crippen LogP contribution in [0.2, 0.25) is 0 Å². The number of ketones is 1. The average Bonchev–Trinajstić information content (AvgIpc) is 2.01. The molecular weight excluding hydrogens is 150 g/mol. The first-order valence-corrected chi connectivity index (χ1v) is 4.77. The van der Waals surface area contributed by atoms with Crippen molar-refractivity contribution in [1.82, 2.24) is 4.90 Å². The minimum absolute atomic E-state index is 0.0922. The van der Waals surface area contributed by atoms with E-state index < -0.39 is 0 Å². The van der Waals surface area contributed by atoms with Gasteiger partial charge in [-0.25, -0.2) is 0 Å². The van der Waals surface area contributed by atoms with Crippen molar-refractivity contribution in [2.75, 3.05) is 13.1 Å². The predicted molar refractivity (Wildman–Crippen MR) is 50.1 cm³/mol. The van der Waals surface area contributed by atoms with Gasteiger partial charge in [0.25, 0.3) is 0 Å². The van der Waals surface area contributed by atoms with E-state index in [1.807, 2.05) is 6.92 Å². The molecule has 0 radical (unpaired) electrons. The number of nitrogens with zero attached hydrogens (tertiary/aromatic N) is 1. The van der Waals surface area contributed by atoms with Crippen LogP contribution >= 0.6 is 0 Å². The van der Waals surface area contributed by atoms with E-state index in [9.17, 15) is 4.79 Å². The van der Waals surface area contributed by atoms with Crippen molar-refractivity contribution in [1.29, 1.82) is 0 Å². The quantitative estimate of drug-likeness (QED) is 0.595. The Hall–Kier alpha value is -0.370. The summed E-state index contributed by atoms with van der Waals surface area (Å²) in [6.07, 6.45) is 1.00. The van der Waals surface area contributed by atoms with Crippen molar-refractivity contribution >= 4 is 5.78 Å². The molecule has 0 bridgehead atoms. The molecule has 1 rings (SSSR count). The monoisotopic (exact) mass is 169 g/mol. The van der Waals surface area contributed by atoms with E-state index in [0.29, 0.717) is 5.78 Å². The first kappa shape index (κ1) is 9.72. The van der Waals surface area contributed by atoms with Crippen LogP contribution < -0.4 is 0 Å². The highest BCUT2D eigenvalue weighted by molar-refractivity contribution is 5.89. The van der Waals surface area contributed by atoms with Crippen molar-refractivity contribution in [2.24, 2.45) is 5.41 Å². The van der Waals surface area contributed by atoms with E-state index in [2.05, 4.69) is 25.7 Å². The van der Waals surface area contributed by atoms with Crippen molar-refractivity contribution in [3.63, 3.8) is 0 Å². The number of piperidine rings is 1. The molecule has 0 saturated carbocycles. The molecule has 0 aromatic rings. The van der Waals surface area contributed by atoms with Gasteiger partial charge in [0.15, 0.2) is 5.78 Å². The third kappa shape index (κ3) is 1.53. The summed E-state index contributed by atoms with van der Waals surface area (Å²) in [6.45, 7) is 10.3. The molecule has 1 heterocycles. The third-order valence-electron chi connectivity index (χ3n) is 3.02. The van der Waals surface area contributed by atoms with Crippen molar-refractivity contribution in [3.8, 4) is 0 Å². The molecule has 0 spiro atoms. The molecule has 0 amide bonds. The van der Waals surface area contributed by atoms with Gasteiger partial charge < -0.3 is 0 Å². The summed E-state index contributed by atoms with van der Waals surface area (Å²) in [6, 6.07) is 0.124. The molecule has 2 nitrogen and oxygen atoms in total. The van der Waals surface area contributed by atoms with Gasteiger partial charge in [-0.2, -0.15) is 0 Å². The van der Waals surface area contributed by atoms with Gasteiger partial charge in [-0.05, 0) is 26.4 Å². The zero-order valence-electron chi connectivity index (χ0n) is 8.55. The number of likely N-dealkylation sites (N-methyl/N-ethyl adjacent to an activating group) is 1. The van der Waals surface area contributed by atoms with E-state index in [1.165, 1.54) is 0 Å². The first-order valence-electron chi connectivity index (χ1n) is 4.77. The Labute approximate surface area is 74.9 Å². The Morgan fingerprint density at radius 2 is 2.17 bits per heavy atom. The number of Topliss-reactive ketones (excluding diaryl/α,β-unsaturated/α-hetero) is 1. The van der Waals surface area contributed by atoms with E-state index >= 15 is 0 Å². The van der Waals surface area contributed by atoms with E-state index in [-0.39, 0.29) is 11.5 Å². The maximum atomic E-state index is 11.8. The lowest BCUT2D eigenvalue weighted by Gasteiger charge is -2.39. The Morgan fingerprint density at radius 3 is 2.67 bits per heavy atom. The lowest BCUT2D eigenvalue weighted by Crippen LogP contribution is -2.51. The van der Waals surface area contributed by atoms with Crippen LogP contribution in [0.15, 0.2) is 0 Å². The topological polar surface area (TPSA) is 20.3 Å².